The van der Waals surface area contributed by atoms with E-state index in [1.54, 1.807) is 10.9 Å². The summed E-state index contributed by atoms with van der Waals surface area (Å²) in [4.78, 5) is 15.2. The standard InChI is InChI=1S/C14H24N4O2/c1-4-6-18-12(11-15-16-18)13(19)14(3,5-2)17-7-9-20-10-8-17/h11H,4-10H2,1-3H3. The molecule has 1 saturated heterocycles. The van der Waals surface area contributed by atoms with Crippen LogP contribution in [0.5, 0.6) is 0 Å². The number of ketones is 1. The molecule has 0 N–H and O–H groups in total. The van der Waals surface area contributed by atoms with Crippen molar-refractivity contribution in [2.75, 3.05) is 26.3 Å². The van der Waals surface area contributed by atoms with Crippen molar-refractivity contribution in [3.8, 4) is 0 Å². The van der Waals surface area contributed by atoms with Crippen LogP contribution < -0.4 is 0 Å². The summed E-state index contributed by atoms with van der Waals surface area (Å²) in [5.74, 6) is 0.111. The smallest absolute Gasteiger partial charge is 0.202 e. The van der Waals surface area contributed by atoms with Gasteiger partial charge in [-0.15, -0.1) is 5.10 Å². The van der Waals surface area contributed by atoms with E-state index in [1.807, 2.05) is 6.92 Å². The van der Waals surface area contributed by atoms with Gasteiger partial charge in [-0.05, 0) is 19.8 Å². The number of carbonyl (C=O) groups excluding carboxylic acids is 1. The molecule has 1 atom stereocenters. The van der Waals surface area contributed by atoms with E-state index in [0.29, 0.717) is 18.9 Å². The zero-order valence-corrected chi connectivity index (χ0v) is 12.6. The molecule has 112 valence electrons. The zero-order chi connectivity index (χ0) is 14.6. The quantitative estimate of drug-likeness (QED) is 0.737. The third-order valence-electron chi connectivity index (χ3n) is 4.17. The minimum atomic E-state index is -0.503. The lowest BCUT2D eigenvalue weighted by Crippen LogP contribution is -2.56. The molecule has 1 unspecified atom stereocenters. The molecule has 0 bridgehead atoms. The summed E-state index contributed by atoms with van der Waals surface area (Å²) in [7, 11) is 0. The van der Waals surface area contributed by atoms with Crippen molar-refractivity contribution < 1.29 is 9.53 Å². The largest absolute Gasteiger partial charge is 0.379 e. The highest BCUT2D eigenvalue weighted by molar-refractivity contribution is 6.01. The second-order valence-electron chi connectivity index (χ2n) is 5.40. The highest BCUT2D eigenvalue weighted by Gasteiger charge is 2.40. The normalized spacial score (nSPS) is 19.8. The number of aryl methyl sites for hydroxylation is 1. The molecule has 2 heterocycles. The highest BCUT2D eigenvalue weighted by atomic mass is 16.5. The van der Waals surface area contributed by atoms with Crippen molar-refractivity contribution in [2.45, 2.75) is 45.7 Å². The van der Waals surface area contributed by atoms with Crippen LogP contribution >= 0.6 is 0 Å². The second-order valence-corrected chi connectivity index (χ2v) is 5.40. The zero-order valence-electron chi connectivity index (χ0n) is 12.6. The van der Waals surface area contributed by atoms with Crippen molar-refractivity contribution in [2.24, 2.45) is 0 Å². The van der Waals surface area contributed by atoms with E-state index in [9.17, 15) is 4.79 Å². The second kappa shape index (κ2) is 6.45. The van der Waals surface area contributed by atoms with E-state index < -0.39 is 5.54 Å². The molecule has 6 heteroatoms. The van der Waals surface area contributed by atoms with Gasteiger partial charge < -0.3 is 4.74 Å². The highest BCUT2D eigenvalue weighted by Crippen LogP contribution is 2.25. The summed E-state index contributed by atoms with van der Waals surface area (Å²) in [6, 6.07) is 0. The van der Waals surface area contributed by atoms with E-state index in [1.165, 1.54) is 0 Å². The van der Waals surface area contributed by atoms with Gasteiger partial charge in [-0.2, -0.15) is 0 Å². The minimum absolute atomic E-state index is 0.111. The fraction of sp³-hybridized carbons (Fsp3) is 0.786. The lowest BCUT2D eigenvalue weighted by molar-refractivity contribution is -0.0110. The van der Waals surface area contributed by atoms with E-state index >= 15 is 0 Å². The summed E-state index contributed by atoms with van der Waals surface area (Å²) in [6.45, 7) is 9.84. The first-order valence-corrected chi connectivity index (χ1v) is 7.39. The predicted molar refractivity (Wildman–Crippen MR) is 75.7 cm³/mol. The Bertz CT molecular complexity index is 454. The van der Waals surface area contributed by atoms with Gasteiger partial charge in [0.15, 0.2) is 0 Å². The lowest BCUT2D eigenvalue weighted by atomic mass is 9.88. The Kier molecular flexibility index (Phi) is 4.88. The van der Waals surface area contributed by atoms with Crippen LogP contribution in [0.15, 0.2) is 6.20 Å². The maximum atomic E-state index is 13.0. The fourth-order valence-corrected chi connectivity index (χ4v) is 2.67. The molecule has 0 saturated carbocycles. The minimum Gasteiger partial charge on any atom is -0.379 e. The van der Waals surface area contributed by atoms with Crippen LogP contribution in [0.25, 0.3) is 0 Å². The number of carbonyl (C=O) groups is 1. The van der Waals surface area contributed by atoms with Crippen LogP contribution in [0.2, 0.25) is 0 Å². The van der Waals surface area contributed by atoms with Gasteiger partial charge in [0.2, 0.25) is 5.78 Å². The molecule has 0 radical (unpaired) electrons. The first-order chi connectivity index (χ1) is 9.63. The van der Waals surface area contributed by atoms with E-state index in [-0.39, 0.29) is 5.78 Å². The van der Waals surface area contributed by atoms with Crippen molar-refractivity contribution in [1.82, 2.24) is 19.9 Å². The number of rotatable bonds is 6. The SMILES string of the molecule is CCCn1nncc1C(=O)C(C)(CC)N1CCOCC1. The molecule has 1 aromatic rings. The predicted octanol–water partition coefficient (Wildman–Crippen LogP) is 1.37. The summed E-state index contributed by atoms with van der Waals surface area (Å²) in [5.41, 5.74) is 0.111. The van der Waals surface area contributed by atoms with Crippen LogP contribution in [0.1, 0.15) is 44.1 Å². The molecule has 2 rings (SSSR count). The third-order valence-corrected chi connectivity index (χ3v) is 4.17. The van der Waals surface area contributed by atoms with Crippen molar-refractivity contribution in [3.05, 3.63) is 11.9 Å². The van der Waals surface area contributed by atoms with Crippen LogP contribution in [0.4, 0.5) is 0 Å². The molecular weight excluding hydrogens is 256 g/mol. The number of ether oxygens (including phenoxy) is 1. The van der Waals surface area contributed by atoms with Crippen molar-refractivity contribution >= 4 is 5.78 Å². The van der Waals surface area contributed by atoms with Gasteiger partial charge in [0.1, 0.15) is 5.69 Å². The Hall–Kier alpha value is -1.27. The van der Waals surface area contributed by atoms with Gasteiger partial charge in [0.05, 0.1) is 24.9 Å². The van der Waals surface area contributed by atoms with Crippen LogP contribution in [-0.2, 0) is 11.3 Å². The molecule has 0 aromatic carbocycles. The Morgan fingerprint density at radius 1 is 1.40 bits per heavy atom. The van der Waals surface area contributed by atoms with E-state index in [0.717, 1.165) is 32.5 Å². The Labute approximate surface area is 120 Å². The van der Waals surface area contributed by atoms with Gasteiger partial charge in [0.25, 0.3) is 0 Å². The first-order valence-electron chi connectivity index (χ1n) is 7.39. The third kappa shape index (κ3) is 2.76. The van der Waals surface area contributed by atoms with E-state index in [4.69, 9.17) is 4.74 Å². The molecule has 1 fully saturated rings. The Morgan fingerprint density at radius 2 is 2.10 bits per heavy atom. The molecule has 0 amide bonds. The Morgan fingerprint density at radius 3 is 2.70 bits per heavy atom. The number of aromatic nitrogens is 3. The topological polar surface area (TPSA) is 60.2 Å². The van der Waals surface area contributed by atoms with Gasteiger partial charge in [0, 0.05) is 19.6 Å². The molecule has 6 nitrogen and oxygen atoms in total. The molecule has 1 aromatic heterocycles. The monoisotopic (exact) mass is 280 g/mol. The van der Waals surface area contributed by atoms with Gasteiger partial charge >= 0.3 is 0 Å². The Balaban J connectivity index is 2.25. The lowest BCUT2D eigenvalue weighted by Gasteiger charge is -2.41. The summed E-state index contributed by atoms with van der Waals surface area (Å²) < 4.78 is 7.11. The van der Waals surface area contributed by atoms with Crippen LogP contribution in [0, 0.1) is 0 Å². The molecular formula is C14H24N4O2. The number of hydrogen-bond donors (Lipinski definition) is 0. The average molecular weight is 280 g/mol. The number of nitrogens with zero attached hydrogens (tertiary/aromatic N) is 4. The van der Waals surface area contributed by atoms with Gasteiger partial charge in [-0.1, -0.05) is 19.1 Å². The molecule has 1 aliphatic rings. The summed E-state index contributed by atoms with van der Waals surface area (Å²) in [5, 5.41) is 7.93. The van der Waals surface area contributed by atoms with E-state index in [2.05, 4.69) is 29.1 Å². The van der Waals surface area contributed by atoms with Crippen molar-refractivity contribution in [3.63, 3.8) is 0 Å². The van der Waals surface area contributed by atoms with Gasteiger partial charge in [-0.3, -0.25) is 9.69 Å². The van der Waals surface area contributed by atoms with Gasteiger partial charge in [-0.25, -0.2) is 4.68 Å². The molecule has 20 heavy (non-hydrogen) atoms. The number of hydrogen-bond acceptors (Lipinski definition) is 5. The number of morpholine rings is 1. The summed E-state index contributed by atoms with van der Waals surface area (Å²) in [6.07, 6.45) is 3.29. The first kappa shape index (κ1) is 15.1. The fourth-order valence-electron chi connectivity index (χ4n) is 2.67. The number of Topliss-reactive ketones (excluding diaryl/α,β-unsaturated/α-hetero) is 1. The maximum Gasteiger partial charge on any atom is 0.202 e. The molecule has 0 aliphatic carbocycles. The van der Waals surface area contributed by atoms with Crippen molar-refractivity contribution in [1.29, 1.82) is 0 Å². The maximum absolute atomic E-state index is 13.0. The summed E-state index contributed by atoms with van der Waals surface area (Å²) >= 11 is 0. The molecule has 0 spiro atoms. The van der Waals surface area contributed by atoms with Crippen LogP contribution in [0.3, 0.4) is 0 Å². The average Bonchev–Trinajstić information content (AvgIpc) is 2.95. The van der Waals surface area contributed by atoms with Crippen LogP contribution in [-0.4, -0.2) is 57.5 Å². The molecule has 1 aliphatic heterocycles.